The number of rotatable bonds is 4. The Balaban J connectivity index is 0.00000220. The molecular formula is C16H18Cl2N2O. The number of aromatic nitrogens is 1. The minimum Gasteiger partial charge on any atom is -0.347 e. The van der Waals surface area contributed by atoms with Crippen molar-refractivity contribution in [2.24, 2.45) is 0 Å². The third kappa shape index (κ3) is 5.03. The van der Waals surface area contributed by atoms with Gasteiger partial charge >= 0.3 is 0 Å². The summed E-state index contributed by atoms with van der Waals surface area (Å²) in [4.78, 5) is 16.1. The first kappa shape index (κ1) is 17.5. The lowest BCUT2D eigenvalue weighted by Gasteiger charge is -2.27. The monoisotopic (exact) mass is 324 g/mol. The molecule has 1 aromatic carbocycles. The fourth-order valence-electron chi connectivity index (χ4n) is 2.04. The molecule has 0 aliphatic heterocycles. The molecule has 3 nitrogen and oxygen atoms in total. The number of hydrogen-bond donors (Lipinski definition) is 1. The lowest BCUT2D eigenvalue weighted by atomic mass is 9.94. The standard InChI is InChI=1S/C16H17ClN2O.ClH/c1-16(2,10-12-6-3-4-8-14(12)17)19-15(20)13-7-5-9-18-11-13;/h3-9,11H,10H2,1-2H3,(H,19,20);1H. The van der Waals surface area contributed by atoms with Crippen LogP contribution in [0.3, 0.4) is 0 Å². The summed E-state index contributed by atoms with van der Waals surface area (Å²) >= 11 is 6.16. The fourth-order valence-corrected chi connectivity index (χ4v) is 2.24. The molecule has 0 saturated carbocycles. The minimum absolute atomic E-state index is 0. The molecule has 1 amide bonds. The smallest absolute Gasteiger partial charge is 0.253 e. The minimum atomic E-state index is -0.391. The number of pyridine rings is 1. The maximum absolute atomic E-state index is 12.2. The van der Waals surface area contributed by atoms with Crippen molar-refractivity contribution in [3.8, 4) is 0 Å². The van der Waals surface area contributed by atoms with Gasteiger partial charge in [0.25, 0.3) is 5.91 Å². The van der Waals surface area contributed by atoms with Gasteiger partial charge in [-0.1, -0.05) is 29.8 Å². The van der Waals surface area contributed by atoms with Crippen molar-refractivity contribution in [2.75, 3.05) is 0 Å². The quantitative estimate of drug-likeness (QED) is 0.926. The fraction of sp³-hybridized carbons (Fsp3) is 0.250. The Hall–Kier alpha value is -1.58. The Labute approximate surface area is 136 Å². The molecule has 0 spiro atoms. The topological polar surface area (TPSA) is 42.0 Å². The molecule has 0 unspecified atom stereocenters. The first-order valence-corrected chi connectivity index (χ1v) is 6.82. The summed E-state index contributed by atoms with van der Waals surface area (Å²) in [6.45, 7) is 3.95. The number of benzene rings is 1. The molecule has 112 valence electrons. The van der Waals surface area contributed by atoms with E-state index in [2.05, 4.69) is 10.3 Å². The molecule has 1 heterocycles. The summed E-state index contributed by atoms with van der Waals surface area (Å²) in [5, 5.41) is 3.73. The lowest BCUT2D eigenvalue weighted by Crippen LogP contribution is -2.45. The van der Waals surface area contributed by atoms with Gasteiger partial charge in [-0.2, -0.15) is 0 Å². The van der Waals surface area contributed by atoms with Gasteiger partial charge in [0.1, 0.15) is 0 Å². The van der Waals surface area contributed by atoms with E-state index in [9.17, 15) is 4.79 Å². The number of amides is 1. The highest BCUT2D eigenvalue weighted by Crippen LogP contribution is 2.21. The first-order chi connectivity index (χ1) is 9.48. The van der Waals surface area contributed by atoms with E-state index in [4.69, 9.17) is 11.6 Å². The molecule has 21 heavy (non-hydrogen) atoms. The number of nitrogens with zero attached hydrogens (tertiary/aromatic N) is 1. The average Bonchev–Trinajstić information content (AvgIpc) is 2.41. The van der Waals surface area contributed by atoms with Crippen LogP contribution in [0.25, 0.3) is 0 Å². The molecule has 2 rings (SSSR count). The molecule has 1 N–H and O–H groups in total. The second-order valence-corrected chi connectivity index (χ2v) is 5.76. The van der Waals surface area contributed by atoms with Gasteiger partial charge in [0.05, 0.1) is 5.56 Å². The van der Waals surface area contributed by atoms with Crippen LogP contribution in [-0.2, 0) is 6.42 Å². The SMILES string of the molecule is CC(C)(Cc1ccccc1Cl)NC(=O)c1cccnc1.Cl. The van der Waals surface area contributed by atoms with Gasteiger partial charge in [-0.05, 0) is 44.0 Å². The van der Waals surface area contributed by atoms with Gasteiger partial charge in [-0.25, -0.2) is 0 Å². The second kappa shape index (κ2) is 7.43. The molecule has 0 aliphatic carbocycles. The summed E-state index contributed by atoms with van der Waals surface area (Å²) in [7, 11) is 0. The van der Waals surface area contributed by atoms with E-state index in [1.165, 1.54) is 0 Å². The molecule has 0 saturated heterocycles. The van der Waals surface area contributed by atoms with Crippen LogP contribution in [0.15, 0.2) is 48.8 Å². The van der Waals surface area contributed by atoms with Gasteiger partial charge in [-0.15, -0.1) is 12.4 Å². The number of halogens is 2. The van der Waals surface area contributed by atoms with Crippen LogP contribution in [0, 0.1) is 0 Å². The number of carbonyl (C=O) groups is 1. The third-order valence-electron chi connectivity index (χ3n) is 2.97. The van der Waals surface area contributed by atoms with Crippen molar-refractivity contribution in [1.82, 2.24) is 10.3 Å². The maximum Gasteiger partial charge on any atom is 0.253 e. The molecule has 0 aliphatic rings. The molecule has 0 fully saturated rings. The van der Waals surface area contributed by atoms with E-state index in [-0.39, 0.29) is 18.3 Å². The van der Waals surface area contributed by atoms with Gasteiger partial charge in [0.2, 0.25) is 0 Å². The largest absolute Gasteiger partial charge is 0.347 e. The second-order valence-electron chi connectivity index (χ2n) is 5.35. The van der Waals surface area contributed by atoms with Crippen molar-refractivity contribution in [3.05, 3.63) is 64.9 Å². The van der Waals surface area contributed by atoms with Crippen LogP contribution >= 0.6 is 24.0 Å². The summed E-state index contributed by atoms with van der Waals surface area (Å²) in [6.07, 6.45) is 3.87. The molecule has 0 atom stereocenters. The first-order valence-electron chi connectivity index (χ1n) is 6.44. The van der Waals surface area contributed by atoms with E-state index in [1.807, 2.05) is 38.1 Å². The summed E-state index contributed by atoms with van der Waals surface area (Å²) in [5.74, 6) is -0.129. The normalized spacial score (nSPS) is 10.6. The van der Waals surface area contributed by atoms with Crippen molar-refractivity contribution in [2.45, 2.75) is 25.8 Å². The van der Waals surface area contributed by atoms with Crippen LogP contribution in [0.4, 0.5) is 0 Å². The zero-order valence-electron chi connectivity index (χ0n) is 12.0. The zero-order valence-corrected chi connectivity index (χ0v) is 13.5. The summed E-state index contributed by atoms with van der Waals surface area (Å²) in [6, 6.07) is 11.2. The van der Waals surface area contributed by atoms with E-state index in [1.54, 1.807) is 24.5 Å². The van der Waals surface area contributed by atoms with E-state index in [0.29, 0.717) is 12.0 Å². The molecule has 0 radical (unpaired) electrons. The molecule has 1 aromatic heterocycles. The maximum atomic E-state index is 12.2. The Morgan fingerprint density at radius 2 is 1.95 bits per heavy atom. The van der Waals surface area contributed by atoms with Crippen LogP contribution in [0.2, 0.25) is 5.02 Å². The molecular weight excluding hydrogens is 307 g/mol. The van der Waals surface area contributed by atoms with Gasteiger partial charge in [0.15, 0.2) is 0 Å². The van der Waals surface area contributed by atoms with Gasteiger partial charge < -0.3 is 5.32 Å². The molecule has 0 bridgehead atoms. The van der Waals surface area contributed by atoms with Crippen molar-refractivity contribution in [3.63, 3.8) is 0 Å². The number of hydrogen-bond acceptors (Lipinski definition) is 2. The van der Waals surface area contributed by atoms with Crippen molar-refractivity contribution in [1.29, 1.82) is 0 Å². The van der Waals surface area contributed by atoms with Gasteiger partial charge in [-0.3, -0.25) is 9.78 Å². The Kier molecular flexibility index (Phi) is 6.19. The molecule has 5 heteroatoms. The lowest BCUT2D eigenvalue weighted by molar-refractivity contribution is 0.0912. The number of nitrogens with one attached hydrogen (secondary N) is 1. The van der Waals surface area contributed by atoms with Crippen molar-refractivity contribution < 1.29 is 4.79 Å². The van der Waals surface area contributed by atoms with E-state index in [0.717, 1.165) is 10.6 Å². The predicted octanol–water partition coefficient (Wildman–Crippen LogP) is 3.91. The summed E-state index contributed by atoms with van der Waals surface area (Å²) < 4.78 is 0. The summed E-state index contributed by atoms with van der Waals surface area (Å²) in [5.41, 5.74) is 1.18. The van der Waals surface area contributed by atoms with Crippen molar-refractivity contribution >= 4 is 29.9 Å². The highest BCUT2D eigenvalue weighted by atomic mass is 35.5. The van der Waals surface area contributed by atoms with Crippen LogP contribution in [0.5, 0.6) is 0 Å². The Morgan fingerprint density at radius 1 is 1.24 bits per heavy atom. The molecule has 2 aromatic rings. The van der Waals surface area contributed by atoms with Crippen LogP contribution in [0.1, 0.15) is 29.8 Å². The predicted molar refractivity (Wildman–Crippen MR) is 88.2 cm³/mol. The highest BCUT2D eigenvalue weighted by Gasteiger charge is 2.22. The van der Waals surface area contributed by atoms with Crippen LogP contribution < -0.4 is 5.32 Å². The Bertz CT molecular complexity index is 600. The zero-order chi connectivity index (χ0) is 14.6. The van der Waals surface area contributed by atoms with Crippen LogP contribution in [-0.4, -0.2) is 16.4 Å². The van der Waals surface area contributed by atoms with E-state index < -0.39 is 5.54 Å². The highest BCUT2D eigenvalue weighted by molar-refractivity contribution is 6.31. The third-order valence-corrected chi connectivity index (χ3v) is 3.33. The number of carbonyl (C=O) groups excluding carboxylic acids is 1. The average molecular weight is 325 g/mol. The van der Waals surface area contributed by atoms with Gasteiger partial charge in [0, 0.05) is 23.0 Å². The Morgan fingerprint density at radius 3 is 2.57 bits per heavy atom. The van der Waals surface area contributed by atoms with E-state index >= 15 is 0 Å².